The molecular formula is C18H20ClFN6O2. The average Bonchev–Trinajstić information content (AvgIpc) is 3.06. The third kappa shape index (κ3) is 3.89. The zero-order chi connectivity index (χ0) is 19.7. The van der Waals surface area contributed by atoms with Gasteiger partial charge in [0.15, 0.2) is 17.5 Å². The predicted molar refractivity (Wildman–Crippen MR) is 103 cm³/mol. The number of allylic oxidation sites excluding steroid dienone is 2. The number of amides is 1. The molecule has 5 N–H and O–H groups in total. The number of nitrogens with one attached hydrogen (secondary N) is 4. The molecule has 0 saturated heterocycles. The molecule has 0 bridgehead atoms. The Morgan fingerprint density at radius 2 is 2.07 bits per heavy atom. The normalized spacial score (nSPS) is 26.1. The first-order valence-electron chi connectivity index (χ1n) is 9.08. The summed E-state index contributed by atoms with van der Waals surface area (Å²) in [5.74, 6) is -0.0514. The topological polar surface area (TPSA) is 111 Å². The third-order valence-electron chi connectivity index (χ3n) is 5.03. The van der Waals surface area contributed by atoms with Crippen LogP contribution in [0.3, 0.4) is 0 Å². The zero-order valence-electron chi connectivity index (χ0n) is 14.9. The zero-order valence-corrected chi connectivity index (χ0v) is 15.6. The second kappa shape index (κ2) is 7.67. The maximum Gasteiger partial charge on any atom is 0.404 e. The molecule has 1 amide bonds. The molecule has 0 radical (unpaired) electrons. The molecule has 0 spiro atoms. The van der Waals surface area contributed by atoms with Crippen LogP contribution in [0.15, 0.2) is 35.3 Å². The summed E-state index contributed by atoms with van der Waals surface area (Å²) < 4.78 is 14.3. The highest BCUT2D eigenvalue weighted by Crippen LogP contribution is 2.31. The Bertz CT molecular complexity index is 887. The van der Waals surface area contributed by atoms with Crippen molar-refractivity contribution in [1.29, 1.82) is 0 Å². The molecule has 2 aliphatic heterocycles. The van der Waals surface area contributed by atoms with E-state index in [1.165, 1.54) is 0 Å². The van der Waals surface area contributed by atoms with Crippen LogP contribution in [0.5, 0.6) is 0 Å². The molecule has 28 heavy (non-hydrogen) atoms. The van der Waals surface area contributed by atoms with Crippen LogP contribution < -0.4 is 21.3 Å². The van der Waals surface area contributed by atoms with Gasteiger partial charge in [0, 0.05) is 35.6 Å². The number of rotatable bonds is 4. The smallest absolute Gasteiger partial charge is 0.404 e. The van der Waals surface area contributed by atoms with Crippen molar-refractivity contribution in [3.8, 4) is 0 Å². The number of halogens is 2. The van der Waals surface area contributed by atoms with E-state index in [0.29, 0.717) is 17.3 Å². The van der Waals surface area contributed by atoms with Gasteiger partial charge in [0.05, 0.1) is 11.2 Å². The summed E-state index contributed by atoms with van der Waals surface area (Å²) in [4.78, 5) is 19.4. The average molecular weight is 407 g/mol. The number of carbonyl (C=O) groups is 1. The molecule has 8 nitrogen and oxygen atoms in total. The highest BCUT2D eigenvalue weighted by atomic mass is 35.5. The highest BCUT2D eigenvalue weighted by Gasteiger charge is 2.29. The fourth-order valence-electron chi connectivity index (χ4n) is 3.76. The van der Waals surface area contributed by atoms with E-state index in [1.807, 2.05) is 6.08 Å². The molecule has 1 fully saturated rings. The molecule has 10 heteroatoms. The third-order valence-corrected chi connectivity index (χ3v) is 5.24. The van der Waals surface area contributed by atoms with Gasteiger partial charge in [0.25, 0.3) is 0 Å². The standard InChI is InChI=1S/C18H20ClFN6O2/c19-9-4-12-13(7-22-15(12)21-6-9)16-23-8-14(20)17(26-16)24-10-2-1-3-11(5-10)25-18(27)28/h4,6-8,10-11,15,21-22,25H,1-3,5H2,(H,27,28)(H,23,24,26). The Labute approximate surface area is 166 Å². The van der Waals surface area contributed by atoms with E-state index in [9.17, 15) is 9.18 Å². The number of anilines is 1. The maximum absolute atomic E-state index is 14.3. The lowest BCUT2D eigenvalue weighted by atomic mass is 9.91. The molecule has 148 valence electrons. The number of hydrogen-bond donors (Lipinski definition) is 5. The first-order chi connectivity index (χ1) is 13.5. The number of fused-ring (bicyclic) bond motifs is 1. The number of dihydropyridines is 1. The van der Waals surface area contributed by atoms with Gasteiger partial charge in [-0.05, 0) is 31.8 Å². The minimum absolute atomic E-state index is 0.0702. The molecule has 1 aromatic heterocycles. The number of hydrogen-bond acceptors (Lipinski definition) is 6. The van der Waals surface area contributed by atoms with Crippen molar-refractivity contribution in [2.75, 3.05) is 5.32 Å². The monoisotopic (exact) mass is 406 g/mol. The lowest BCUT2D eigenvalue weighted by molar-refractivity contribution is 0.185. The van der Waals surface area contributed by atoms with Crippen molar-refractivity contribution < 1.29 is 14.3 Å². The van der Waals surface area contributed by atoms with E-state index < -0.39 is 11.9 Å². The van der Waals surface area contributed by atoms with Gasteiger partial charge < -0.3 is 26.4 Å². The van der Waals surface area contributed by atoms with E-state index >= 15 is 0 Å². The van der Waals surface area contributed by atoms with Crippen LogP contribution in [0.25, 0.3) is 5.57 Å². The van der Waals surface area contributed by atoms with Crippen LogP contribution in [-0.4, -0.2) is 39.4 Å². The van der Waals surface area contributed by atoms with Crippen LogP contribution in [-0.2, 0) is 0 Å². The van der Waals surface area contributed by atoms with Crippen molar-refractivity contribution in [2.45, 2.75) is 43.9 Å². The van der Waals surface area contributed by atoms with Gasteiger partial charge in [-0.3, -0.25) is 0 Å². The number of aromatic nitrogens is 2. The Morgan fingerprint density at radius 1 is 1.29 bits per heavy atom. The fourth-order valence-corrected chi connectivity index (χ4v) is 3.94. The number of nitrogens with zero attached hydrogens (tertiary/aromatic N) is 2. The van der Waals surface area contributed by atoms with E-state index in [4.69, 9.17) is 16.7 Å². The van der Waals surface area contributed by atoms with Crippen LogP contribution in [0.2, 0.25) is 0 Å². The first kappa shape index (κ1) is 18.5. The van der Waals surface area contributed by atoms with E-state index in [2.05, 4.69) is 31.2 Å². The lowest BCUT2D eigenvalue weighted by Crippen LogP contribution is -2.41. The second-order valence-electron chi connectivity index (χ2n) is 7.00. The summed E-state index contributed by atoms with van der Waals surface area (Å²) >= 11 is 6.08. The SMILES string of the molecule is O=C(O)NC1CCCC(Nc2nc(C3=CNC4NC=C(Cl)C=C34)ncc2F)C1. The van der Waals surface area contributed by atoms with E-state index in [0.717, 1.165) is 36.6 Å². The van der Waals surface area contributed by atoms with Gasteiger partial charge in [-0.25, -0.2) is 19.2 Å². The van der Waals surface area contributed by atoms with Crippen molar-refractivity contribution in [1.82, 2.24) is 25.9 Å². The molecule has 1 aromatic rings. The summed E-state index contributed by atoms with van der Waals surface area (Å²) in [5, 5.41) is 21.4. The first-order valence-corrected chi connectivity index (χ1v) is 9.46. The summed E-state index contributed by atoms with van der Waals surface area (Å²) in [6.45, 7) is 0. The molecule has 0 aromatic carbocycles. The molecule has 3 heterocycles. The lowest BCUT2D eigenvalue weighted by Gasteiger charge is -2.30. The fraction of sp³-hybridized carbons (Fsp3) is 0.389. The van der Waals surface area contributed by atoms with Crippen molar-refractivity contribution >= 4 is 29.1 Å². The molecule has 3 atom stereocenters. The quantitative estimate of drug-likeness (QED) is 0.522. The van der Waals surface area contributed by atoms with Crippen molar-refractivity contribution in [3.63, 3.8) is 0 Å². The highest BCUT2D eigenvalue weighted by molar-refractivity contribution is 6.31. The van der Waals surface area contributed by atoms with Gasteiger partial charge in [-0.2, -0.15) is 0 Å². The second-order valence-corrected chi connectivity index (χ2v) is 7.43. The van der Waals surface area contributed by atoms with Gasteiger partial charge in [0.2, 0.25) is 0 Å². The Kier molecular flexibility index (Phi) is 5.08. The Balaban J connectivity index is 1.52. The molecule has 4 rings (SSSR count). The maximum atomic E-state index is 14.3. The molecule has 3 unspecified atom stereocenters. The minimum atomic E-state index is -1.04. The molecule has 1 aliphatic carbocycles. The van der Waals surface area contributed by atoms with Crippen LogP contribution >= 0.6 is 11.6 Å². The van der Waals surface area contributed by atoms with Crippen LogP contribution in [0, 0.1) is 5.82 Å². The van der Waals surface area contributed by atoms with Crippen LogP contribution in [0.4, 0.5) is 15.0 Å². The van der Waals surface area contributed by atoms with Crippen LogP contribution in [0.1, 0.15) is 31.5 Å². The van der Waals surface area contributed by atoms with Crippen molar-refractivity contribution in [2.24, 2.45) is 0 Å². The Morgan fingerprint density at radius 3 is 2.89 bits per heavy atom. The number of carboxylic acid groups (broad SMARTS) is 1. The summed E-state index contributed by atoms with van der Waals surface area (Å²) in [6.07, 6.45) is 8.29. The summed E-state index contributed by atoms with van der Waals surface area (Å²) in [5.41, 5.74) is 1.62. The molecular weight excluding hydrogens is 387 g/mol. The minimum Gasteiger partial charge on any atom is -0.465 e. The van der Waals surface area contributed by atoms with Gasteiger partial charge >= 0.3 is 6.09 Å². The summed E-state index contributed by atoms with van der Waals surface area (Å²) in [7, 11) is 0. The molecule has 3 aliphatic rings. The van der Waals surface area contributed by atoms with Gasteiger partial charge in [-0.1, -0.05) is 11.6 Å². The van der Waals surface area contributed by atoms with Gasteiger partial charge in [-0.15, -0.1) is 0 Å². The summed E-state index contributed by atoms with van der Waals surface area (Å²) in [6, 6.07) is -0.220. The van der Waals surface area contributed by atoms with E-state index in [-0.39, 0.29) is 24.1 Å². The van der Waals surface area contributed by atoms with E-state index in [1.54, 1.807) is 12.4 Å². The van der Waals surface area contributed by atoms with Gasteiger partial charge in [0.1, 0.15) is 6.17 Å². The predicted octanol–water partition coefficient (Wildman–Crippen LogP) is 2.49. The Hall–Kier alpha value is -2.81. The largest absolute Gasteiger partial charge is 0.465 e. The molecule has 1 saturated carbocycles. The van der Waals surface area contributed by atoms with Crippen molar-refractivity contribution in [3.05, 3.63) is 46.9 Å².